The number of aromatic nitrogens is 6. The SMILES string of the molecule is COCCn1nnc(C2CN(CC(=O)Nc3ccn(C)n3)CCO2)n1. The van der Waals surface area contributed by atoms with Gasteiger partial charge in [0.25, 0.3) is 0 Å². The average molecular weight is 350 g/mol. The van der Waals surface area contributed by atoms with Crippen molar-refractivity contribution in [1.29, 1.82) is 0 Å². The number of anilines is 1. The van der Waals surface area contributed by atoms with Crippen LogP contribution in [0, 0.1) is 0 Å². The number of aryl methyl sites for hydroxylation is 1. The molecule has 0 spiro atoms. The minimum atomic E-state index is -0.298. The molecule has 1 aliphatic rings. The molecule has 1 aliphatic heterocycles. The van der Waals surface area contributed by atoms with Crippen molar-refractivity contribution in [3.63, 3.8) is 0 Å². The standard InChI is InChI=1S/C14H22N8O3/c1-20-4-3-12(17-20)15-13(23)10-21-5-8-25-11(9-21)14-16-19-22(18-14)6-7-24-2/h3-4,11H,5-10H2,1-2H3,(H,15,17,23). The van der Waals surface area contributed by atoms with Crippen LogP contribution in [0.5, 0.6) is 0 Å². The largest absolute Gasteiger partial charge is 0.383 e. The van der Waals surface area contributed by atoms with Gasteiger partial charge in [0.05, 0.1) is 26.3 Å². The van der Waals surface area contributed by atoms with E-state index < -0.39 is 0 Å². The first kappa shape index (κ1) is 17.5. The van der Waals surface area contributed by atoms with Crippen molar-refractivity contribution in [2.24, 2.45) is 7.05 Å². The summed E-state index contributed by atoms with van der Waals surface area (Å²) in [6.45, 7) is 3.02. The van der Waals surface area contributed by atoms with Crippen molar-refractivity contribution < 1.29 is 14.3 Å². The van der Waals surface area contributed by atoms with E-state index in [2.05, 4.69) is 25.8 Å². The van der Waals surface area contributed by atoms with Crippen LogP contribution in [0.25, 0.3) is 0 Å². The monoisotopic (exact) mass is 350 g/mol. The van der Waals surface area contributed by atoms with Gasteiger partial charge in [0.1, 0.15) is 6.10 Å². The Bertz CT molecular complexity index is 700. The van der Waals surface area contributed by atoms with Gasteiger partial charge in [-0.1, -0.05) is 0 Å². The molecule has 1 atom stereocenters. The van der Waals surface area contributed by atoms with E-state index in [1.807, 2.05) is 4.90 Å². The number of methoxy groups -OCH3 is 1. The molecule has 1 fully saturated rings. The van der Waals surface area contributed by atoms with Crippen molar-refractivity contribution >= 4 is 11.7 Å². The smallest absolute Gasteiger partial charge is 0.239 e. The Balaban J connectivity index is 1.52. The minimum Gasteiger partial charge on any atom is -0.383 e. The summed E-state index contributed by atoms with van der Waals surface area (Å²) in [5.41, 5.74) is 0. The van der Waals surface area contributed by atoms with Crippen molar-refractivity contribution in [2.75, 3.05) is 45.3 Å². The highest BCUT2D eigenvalue weighted by atomic mass is 16.5. The molecule has 0 bridgehead atoms. The predicted octanol–water partition coefficient (Wildman–Crippen LogP) is -0.935. The van der Waals surface area contributed by atoms with Gasteiger partial charge in [-0.25, -0.2) is 0 Å². The van der Waals surface area contributed by atoms with Crippen LogP contribution < -0.4 is 5.32 Å². The summed E-state index contributed by atoms with van der Waals surface area (Å²) < 4.78 is 12.3. The summed E-state index contributed by atoms with van der Waals surface area (Å²) in [4.78, 5) is 15.6. The number of hydrogen-bond donors (Lipinski definition) is 1. The van der Waals surface area contributed by atoms with E-state index in [4.69, 9.17) is 9.47 Å². The second kappa shape index (κ2) is 8.14. The lowest BCUT2D eigenvalue weighted by Crippen LogP contribution is -2.42. The number of morpholine rings is 1. The van der Waals surface area contributed by atoms with Gasteiger partial charge >= 0.3 is 0 Å². The Labute approximate surface area is 144 Å². The van der Waals surface area contributed by atoms with Crippen LogP contribution in [-0.2, 0) is 27.9 Å². The Morgan fingerprint density at radius 1 is 1.48 bits per heavy atom. The molecule has 11 heteroatoms. The van der Waals surface area contributed by atoms with E-state index in [0.717, 1.165) is 0 Å². The molecule has 1 saturated heterocycles. The van der Waals surface area contributed by atoms with Crippen LogP contribution in [-0.4, -0.2) is 80.8 Å². The summed E-state index contributed by atoms with van der Waals surface area (Å²) in [5, 5.41) is 19.2. The van der Waals surface area contributed by atoms with Crippen molar-refractivity contribution in [1.82, 2.24) is 34.9 Å². The third-order valence-corrected chi connectivity index (χ3v) is 3.75. The molecule has 11 nitrogen and oxygen atoms in total. The number of hydrogen-bond acceptors (Lipinski definition) is 8. The van der Waals surface area contributed by atoms with Crippen LogP contribution >= 0.6 is 0 Å². The van der Waals surface area contributed by atoms with Crippen LogP contribution in [0.1, 0.15) is 11.9 Å². The molecule has 2 aromatic rings. The lowest BCUT2D eigenvalue weighted by Gasteiger charge is -2.30. The van der Waals surface area contributed by atoms with Gasteiger partial charge in [0.2, 0.25) is 11.7 Å². The number of tetrazole rings is 1. The highest BCUT2D eigenvalue weighted by Crippen LogP contribution is 2.18. The molecular weight excluding hydrogens is 328 g/mol. The number of carbonyl (C=O) groups excluding carboxylic acids is 1. The zero-order chi connectivity index (χ0) is 17.6. The summed E-state index contributed by atoms with van der Waals surface area (Å²) >= 11 is 0. The van der Waals surface area contributed by atoms with E-state index in [1.165, 1.54) is 4.80 Å². The fraction of sp³-hybridized carbons (Fsp3) is 0.643. The van der Waals surface area contributed by atoms with Crippen molar-refractivity contribution in [2.45, 2.75) is 12.6 Å². The number of nitrogens with one attached hydrogen (secondary N) is 1. The number of nitrogens with zero attached hydrogens (tertiary/aromatic N) is 7. The molecule has 3 rings (SSSR count). The average Bonchev–Trinajstić information content (AvgIpc) is 3.22. The van der Waals surface area contributed by atoms with Gasteiger partial charge < -0.3 is 14.8 Å². The van der Waals surface area contributed by atoms with Crippen LogP contribution in [0.4, 0.5) is 5.82 Å². The summed E-state index contributed by atoms with van der Waals surface area (Å²) in [6, 6.07) is 1.75. The van der Waals surface area contributed by atoms with E-state index in [9.17, 15) is 4.79 Å². The first-order valence-electron chi connectivity index (χ1n) is 8.04. The molecule has 0 aliphatic carbocycles. The maximum absolute atomic E-state index is 12.2. The Morgan fingerprint density at radius 3 is 3.12 bits per heavy atom. The van der Waals surface area contributed by atoms with Crippen LogP contribution in [0.3, 0.4) is 0 Å². The number of ether oxygens (including phenoxy) is 2. The van der Waals surface area contributed by atoms with Gasteiger partial charge in [-0.05, 0) is 5.21 Å². The van der Waals surface area contributed by atoms with Gasteiger partial charge in [-0.15, -0.1) is 10.2 Å². The summed E-state index contributed by atoms with van der Waals surface area (Å²) in [5.74, 6) is 0.946. The number of rotatable bonds is 7. The zero-order valence-corrected chi connectivity index (χ0v) is 14.3. The van der Waals surface area contributed by atoms with E-state index in [0.29, 0.717) is 44.5 Å². The minimum absolute atomic E-state index is 0.115. The molecule has 1 N–H and O–H groups in total. The van der Waals surface area contributed by atoms with E-state index in [1.54, 1.807) is 31.1 Å². The molecule has 2 aromatic heterocycles. The third kappa shape index (κ3) is 4.81. The highest BCUT2D eigenvalue weighted by Gasteiger charge is 2.27. The first-order valence-corrected chi connectivity index (χ1v) is 8.04. The zero-order valence-electron chi connectivity index (χ0n) is 14.3. The van der Waals surface area contributed by atoms with Gasteiger partial charge in [0, 0.05) is 39.5 Å². The second-order valence-corrected chi connectivity index (χ2v) is 5.75. The molecule has 1 amide bonds. The lowest BCUT2D eigenvalue weighted by molar-refractivity contribution is -0.119. The van der Waals surface area contributed by atoms with Crippen molar-refractivity contribution in [3.05, 3.63) is 18.1 Å². The van der Waals surface area contributed by atoms with E-state index >= 15 is 0 Å². The number of amides is 1. The molecular formula is C14H22N8O3. The highest BCUT2D eigenvalue weighted by molar-refractivity contribution is 5.91. The molecule has 0 radical (unpaired) electrons. The van der Waals surface area contributed by atoms with E-state index in [-0.39, 0.29) is 18.6 Å². The number of carbonyl (C=O) groups is 1. The molecule has 25 heavy (non-hydrogen) atoms. The fourth-order valence-corrected chi connectivity index (χ4v) is 2.52. The quantitative estimate of drug-likeness (QED) is 0.681. The van der Waals surface area contributed by atoms with Crippen molar-refractivity contribution in [3.8, 4) is 0 Å². The molecule has 0 saturated carbocycles. The van der Waals surface area contributed by atoms with Gasteiger partial charge in [-0.3, -0.25) is 14.4 Å². The Morgan fingerprint density at radius 2 is 2.36 bits per heavy atom. The maximum Gasteiger partial charge on any atom is 0.239 e. The second-order valence-electron chi connectivity index (χ2n) is 5.75. The third-order valence-electron chi connectivity index (χ3n) is 3.75. The topological polar surface area (TPSA) is 112 Å². The summed E-state index contributed by atoms with van der Waals surface area (Å²) in [7, 11) is 3.42. The van der Waals surface area contributed by atoms with Crippen LogP contribution in [0.2, 0.25) is 0 Å². The molecule has 1 unspecified atom stereocenters. The van der Waals surface area contributed by atoms with Crippen LogP contribution in [0.15, 0.2) is 12.3 Å². The molecule has 136 valence electrons. The lowest BCUT2D eigenvalue weighted by atomic mass is 10.2. The molecule has 0 aromatic carbocycles. The predicted molar refractivity (Wildman–Crippen MR) is 86.7 cm³/mol. The molecule has 3 heterocycles. The van der Waals surface area contributed by atoms with Gasteiger partial charge in [-0.2, -0.15) is 9.90 Å². The Kier molecular flexibility index (Phi) is 5.68. The Hall–Kier alpha value is -2.37. The normalized spacial score (nSPS) is 18.4. The maximum atomic E-state index is 12.2. The first-order chi connectivity index (χ1) is 12.1. The van der Waals surface area contributed by atoms with Gasteiger partial charge in [0.15, 0.2) is 5.82 Å². The summed E-state index contributed by atoms with van der Waals surface area (Å²) in [6.07, 6.45) is 1.48. The fourth-order valence-electron chi connectivity index (χ4n) is 2.52.